The Morgan fingerprint density at radius 3 is 2.20 bits per heavy atom. The number of nitrogens with zero attached hydrogens (tertiary/aromatic N) is 3. The van der Waals surface area contributed by atoms with Crippen molar-refractivity contribution in [2.24, 2.45) is 5.92 Å². The van der Waals surface area contributed by atoms with E-state index in [9.17, 15) is 18.0 Å². The van der Waals surface area contributed by atoms with E-state index in [1.54, 1.807) is 24.3 Å². The maximum Gasteiger partial charge on any atom is 0.471 e. The number of para-hydroxylation sites is 1. The van der Waals surface area contributed by atoms with Gasteiger partial charge in [-0.3, -0.25) is 4.79 Å². The van der Waals surface area contributed by atoms with Crippen LogP contribution in [0.3, 0.4) is 0 Å². The van der Waals surface area contributed by atoms with Crippen molar-refractivity contribution in [2.75, 3.05) is 20.6 Å². The summed E-state index contributed by atoms with van der Waals surface area (Å²) in [5.74, 6) is -1.61. The molecule has 4 aromatic rings. The molecule has 8 heteroatoms. The van der Waals surface area contributed by atoms with Gasteiger partial charge in [0, 0.05) is 49.6 Å². The molecule has 4 unspecified atom stereocenters. The molecular weight excluding hydrogens is 561 g/mol. The number of aromatic amines is 1. The van der Waals surface area contributed by atoms with E-state index in [1.807, 2.05) is 48.3 Å². The molecular formula is C36H38F3N4O+. The SMILES string of the molecule is CCC1CC2c3[nH]c4ccccc4c3CC[N+]2=C/C1=C\N(C)C(c1ccccc1)C(c1ccccc1)N(C)C(=O)C(F)(F)F. The first-order valence-electron chi connectivity index (χ1n) is 15.2. The van der Waals surface area contributed by atoms with E-state index in [4.69, 9.17) is 0 Å². The third-order valence-corrected chi connectivity index (χ3v) is 9.34. The number of hydrogen-bond acceptors (Lipinski definition) is 2. The average molecular weight is 600 g/mol. The molecule has 228 valence electrons. The minimum Gasteiger partial charge on any atom is -0.371 e. The van der Waals surface area contributed by atoms with Crippen molar-refractivity contribution in [1.29, 1.82) is 0 Å². The number of likely N-dealkylation sites (N-methyl/N-ethyl adjacent to an activating group) is 2. The molecule has 0 saturated heterocycles. The van der Waals surface area contributed by atoms with Gasteiger partial charge in [-0.25, -0.2) is 4.58 Å². The fourth-order valence-corrected chi connectivity index (χ4v) is 7.19. The number of fused-ring (bicyclic) bond motifs is 5. The predicted octanol–water partition coefficient (Wildman–Crippen LogP) is 7.60. The average Bonchev–Trinajstić information content (AvgIpc) is 3.42. The van der Waals surface area contributed by atoms with Crippen molar-refractivity contribution < 1.29 is 22.5 Å². The highest BCUT2D eigenvalue weighted by Gasteiger charge is 2.46. The molecule has 1 N–H and O–H groups in total. The van der Waals surface area contributed by atoms with Crippen LogP contribution in [0.5, 0.6) is 0 Å². The molecule has 3 aromatic carbocycles. The van der Waals surface area contributed by atoms with Crippen molar-refractivity contribution in [2.45, 2.75) is 50.5 Å². The zero-order chi connectivity index (χ0) is 31.0. The number of halogens is 3. The summed E-state index contributed by atoms with van der Waals surface area (Å²) in [5.41, 5.74) is 6.46. The Morgan fingerprint density at radius 2 is 1.57 bits per heavy atom. The lowest BCUT2D eigenvalue weighted by Gasteiger charge is -2.40. The van der Waals surface area contributed by atoms with Gasteiger partial charge in [0.15, 0.2) is 12.3 Å². The predicted molar refractivity (Wildman–Crippen MR) is 167 cm³/mol. The van der Waals surface area contributed by atoms with Crippen molar-refractivity contribution in [1.82, 2.24) is 14.8 Å². The summed E-state index contributed by atoms with van der Waals surface area (Å²) < 4.78 is 43.9. The van der Waals surface area contributed by atoms with Crippen LogP contribution in [0.4, 0.5) is 13.2 Å². The third-order valence-electron chi connectivity index (χ3n) is 9.34. The Bertz CT molecular complexity index is 1690. The molecule has 3 heterocycles. The lowest BCUT2D eigenvalue weighted by atomic mass is 9.83. The number of aromatic nitrogens is 1. The summed E-state index contributed by atoms with van der Waals surface area (Å²) >= 11 is 0. The number of benzene rings is 3. The molecule has 44 heavy (non-hydrogen) atoms. The molecule has 2 aliphatic heterocycles. The zero-order valence-electron chi connectivity index (χ0n) is 25.3. The van der Waals surface area contributed by atoms with Gasteiger partial charge in [-0.2, -0.15) is 13.2 Å². The van der Waals surface area contributed by atoms with Crippen LogP contribution in [0.25, 0.3) is 10.9 Å². The number of hydrogen-bond donors (Lipinski definition) is 1. The van der Waals surface area contributed by atoms with Crippen LogP contribution in [0.15, 0.2) is 96.7 Å². The second kappa shape index (κ2) is 12.0. The Kier molecular flexibility index (Phi) is 8.10. The molecule has 1 amide bonds. The number of allylic oxidation sites excluding steroid dienone is 1. The Hall–Kier alpha value is -4.33. The summed E-state index contributed by atoms with van der Waals surface area (Å²) in [6, 6.07) is 25.7. The minimum atomic E-state index is -4.99. The standard InChI is InChI=1S/C36H38F3N4O/c1-4-24-21-31-32-29(28-17-11-12-18-30(28)40-32)19-20-43(31)23-27(24)22-41(2)33(25-13-7-5-8-14-25)34(26-15-9-6-10-16-26)42(3)35(44)36(37,38)39/h5-18,22-24,31,33-34,40H,4,19-21H2,1-3H3/q+1. The first-order chi connectivity index (χ1) is 21.2. The van der Waals surface area contributed by atoms with Gasteiger partial charge < -0.3 is 14.8 Å². The summed E-state index contributed by atoms with van der Waals surface area (Å²) in [5, 5.41) is 1.30. The van der Waals surface area contributed by atoms with Gasteiger partial charge in [0.2, 0.25) is 0 Å². The highest BCUT2D eigenvalue weighted by atomic mass is 19.4. The summed E-state index contributed by atoms with van der Waals surface area (Å²) in [7, 11) is 3.16. The van der Waals surface area contributed by atoms with Crippen molar-refractivity contribution in [3.05, 3.63) is 119 Å². The van der Waals surface area contributed by atoms with E-state index in [0.29, 0.717) is 5.56 Å². The fraction of sp³-hybridized carbons (Fsp3) is 0.333. The van der Waals surface area contributed by atoms with Gasteiger partial charge in [0.25, 0.3) is 0 Å². The van der Waals surface area contributed by atoms with Crippen LogP contribution in [0.2, 0.25) is 0 Å². The van der Waals surface area contributed by atoms with Crippen LogP contribution < -0.4 is 0 Å². The molecule has 0 aliphatic carbocycles. The van der Waals surface area contributed by atoms with Gasteiger partial charge in [-0.1, -0.05) is 85.8 Å². The summed E-state index contributed by atoms with van der Waals surface area (Å²) in [4.78, 5) is 19.3. The second-order valence-electron chi connectivity index (χ2n) is 12.0. The molecule has 2 aliphatic rings. The van der Waals surface area contributed by atoms with Crippen molar-refractivity contribution in [3.8, 4) is 0 Å². The molecule has 5 nitrogen and oxygen atoms in total. The van der Waals surface area contributed by atoms with Crippen molar-refractivity contribution in [3.63, 3.8) is 0 Å². The first-order valence-corrected chi connectivity index (χ1v) is 15.2. The molecule has 0 saturated carbocycles. The van der Waals surface area contributed by atoms with Crippen LogP contribution in [0, 0.1) is 5.92 Å². The molecule has 0 bridgehead atoms. The van der Waals surface area contributed by atoms with E-state index in [-0.39, 0.29) is 12.0 Å². The number of rotatable bonds is 7. The monoisotopic (exact) mass is 599 g/mol. The van der Waals surface area contributed by atoms with E-state index in [2.05, 4.69) is 53.2 Å². The molecule has 1 aromatic heterocycles. The second-order valence-corrected chi connectivity index (χ2v) is 12.0. The maximum atomic E-state index is 13.8. The van der Waals surface area contributed by atoms with E-state index in [1.165, 1.54) is 29.2 Å². The highest BCUT2D eigenvalue weighted by molar-refractivity contribution is 5.85. The quantitative estimate of drug-likeness (QED) is 0.222. The lowest BCUT2D eigenvalue weighted by Crippen LogP contribution is -2.45. The highest BCUT2D eigenvalue weighted by Crippen LogP contribution is 2.43. The number of carbonyl (C=O) groups is 1. The van der Waals surface area contributed by atoms with Gasteiger partial charge in [0.05, 0.1) is 17.8 Å². The van der Waals surface area contributed by atoms with E-state index < -0.39 is 24.2 Å². The first kappa shape index (κ1) is 29.7. The third kappa shape index (κ3) is 5.53. The van der Waals surface area contributed by atoms with Gasteiger partial charge in [-0.05, 0) is 35.1 Å². The minimum absolute atomic E-state index is 0.246. The van der Waals surface area contributed by atoms with E-state index >= 15 is 0 Å². The Labute approximate surface area is 256 Å². The maximum absolute atomic E-state index is 13.8. The molecule has 0 spiro atoms. The zero-order valence-corrected chi connectivity index (χ0v) is 25.3. The normalized spacial score (nSPS) is 20.4. The molecule has 0 radical (unpaired) electrons. The van der Waals surface area contributed by atoms with Crippen molar-refractivity contribution >= 4 is 23.0 Å². The van der Waals surface area contributed by atoms with Crippen LogP contribution >= 0.6 is 0 Å². The van der Waals surface area contributed by atoms with Crippen LogP contribution in [0.1, 0.15) is 60.3 Å². The van der Waals surface area contributed by atoms with Gasteiger partial charge >= 0.3 is 12.1 Å². The fourth-order valence-electron chi connectivity index (χ4n) is 7.19. The molecule has 0 fully saturated rings. The smallest absolute Gasteiger partial charge is 0.371 e. The van der Waals surface area contributed by atoms with Gasteiger partial charge in [-0.15, -0.1) is 0 Å². The van der Waals surface area contributed by atoms with Gasteiger partial charge in [0.1, 0.15) is 6.54 Å². The molecule has 4 atom stereocenters. The number of alkyl halides is 3. The topological polar surface area (TPSA) is 42.4 Å². The molecule has 6 rings (SSSR count). The number of carbonyl (C=O) groups excluding carboxylic acids is 1. The van der Waals surface area contributed by atoms with Crippen LogP contribution in [-0.4, -0.2) is 58.3 Å². The number of nitrogens with one attached hydrogen (secondary N) is 1. The summed E-state index contributed by atoms with van der Waals surface area (Å²) in [6.07, 6.45) is 2.16. The lowest BCUT2D eigenvalue weighted by molar-refractivity contribution is -0.577. The summed E-state index contributed by atoms with van der Waals surface area (Å²) in [6.45, 7) is 3.09. The largest absolute Gasteiger partial charge is 0.471 e. The van der Waals surface area contributed by atoms with Crippen LogP contribution in [-0.2, 0) is 11.2 Å². The number of amides is 1. The van der Waals surface area contributed by atoms with E-state index in [0.717, 1.165) is 41.8 Å². The Balaban J connectivity index is 1.42. The Morgan fingerprint density at radius 1 is 0.955 bits per heavy atom. The number of H-pyrrole nitrogens is 1.